The number of halogens is 2. The summed E-state index contributed by atoms with van der Waals surface area (Å²) in [5.74, 6) is 0.722. The fourth-order valence-electron chi connectivity index (χ4n) is 2.88. The Bertz CT molecular complexity index is 866. The largest absolute Gasteiger partial charge is 0.494 e. The van der Waals surface area contributed by atoms with Gasteiger partial charge in [0.25, 0.3) is 5.91 Å². The van der Waals surface area contributed by atoms with E-state index in [1.807, 2.05) is 42.5 Å². The fraction of sp³-hybridized carbons (Fsp3) is 0.273. The molecule has 152 valence electrons. The summed E-state index contributed by atoms with van der Waals surface area (Å²) in [6.07, 6.45) is 6.53. The first-order chi connectivity index (χ1) is 14.2. The summed E-state index contributed by atoms with van der Waals surface area (Å²) in [5, 5.41) is 7.89. The average molecular weight is 521 g/mol. The third kappa shape index (κ3) is 5.93. The normalized spacial score (nSPS) is 15.0. The topological polar surface area (TPSA) is 63.2 Å². The van der Waals surface area contributed by atoms with E-state index < -0.39 is 0 Å². The Hall–Kier alpha value is -2.12. The van der Waals surface area contributed by atoms with Gasteiger partial charge in [-0.2, -0.15) is 0 Å². The summed E-state index contributed by atoms with van der Waals surface area (Å²) >= 11 is 7.20. The van der Waals surface area contributed by atoms with Gasteiger partial charge in [-0.3, -0.25) is 9.78 Å². The van der Waals surface area contributed by atoms with E-state index in [2.05, 4.69) is 53.6 Å². The van der Waals surface area contributed by atoms with Gasteiger partial charge in [-0.05, 0) is 36.8 Å². The van der Waals surface area contributed by atoms with Crippen LogP contribution in [0.5, 0.6) is 0 Å². The number of ether oxygens (including phenoxy) is 1. The van der Waals surface area contributed by atoms with E-state index >= 15 is 0 Å². The van der Waals surface area contributed by atoms with Crippen molar-refractivity contribution in [3.63, 3.8) is 0 Å². The third-order valence-electron chi connectivity index (χ3n) is 4.42. The molecule has 2 aromatic rings. The number of carbonyl (C=O) groups is 1. The van der Waals surface area contributed by atoms with E-state index in [9.17, 15) is 4.79 Å². The summed E-state index contributed by atoms with van der Waals surface area (Å²) in [4.78, 5) is 16.5. The Kier molecular flexibility index (Phi) is 7.89. The number of pyridine rings is 1. The third-order valence-corrected chi connectivity index (χ3v) is 6.42. The smallest absolute Gasteiger partial charge is 0.251 e. The molecular weight excluding hydrogens is 498 g/mol. The summed E-state index contributed by atoms with van der Waals surface area (Å²) in [7, 11) is 0. The van der Waals surface area contributed by atoms with Crippen LogP contribution in [0, 0.1) is 0 Å². The molecule has 29 heavy (non-hydrogen) atoms. The Labute approximate surface area is 187 Å². The fourth-order valence-corrected chi connectivity index (χ4v) is 4.41. The standard InChI is InChI=1S/C22H23Br2N3O2/c23-15-22(16-24)14-18(13-20(27-22)19-9-4-5-10-25-19)29-12-6-11-26-21(28)17-7-2-1-3-8-17/h1-5,7-10,13-14,27H,6,11-12,15-16H2,(H,26,28). The first-order valence-corrected chi connectivity index (χ1v) is 11.6. The average Bonchev–Trinajstić information content (AvgIpc) is 2.79. The first-order valence-electron chi connectivity index (χ1n) is 9.38. The monoisotopic (exact) mass is 519 g/mol. The number of amides is 1. The molecule has 0 saturated heterocycles. The van der Waals surface area contributed by atoms with Crippen LogP contribution in [0.15, 0.2) is 72.6 Å². The molecule has 0 aliphatic carbocycles. The van der Waals surface area contributed by atoms with Gasteiger partial charge >= 0.3 is 0 Å². The summed E-state index contributed by atoms with van der Waals surface area (Å²) in [6, 6.07) is 15.0. The molecule has 7 heteroatoms. The first kappa shape index (κ1) is 21.6. The van der Waals surface area contributed by atoms with E-state index in [-0.39, 0.29) is 11.4 Å². The van der Waals surface area contributed by atoms with Crippen LogP contribution >= 0.6 is 31.9 Å². The molecule has 0 spiro atoms. The predicted octanol–water partition coefficient (Wildman–Crippen LogP) is 4.27. The minimum Gasteiger partial charge on any atom is -0.494 e. The van der Waals surface area contributed by atoms with Crippen molar-refractivity contribution in [3.05, 3.63) is 83.9 Å². The van der Waals surface area contributed by atoms with Gasteiger partial charge in [-0.25, -0.2) is 0 Å². The maximum absolute atomic E-state index is 12.1. The minimum atomic E-state index is -0.307. The van der Waals surface area contributed by atoms with Crippen molar-refractivity contribution in [2.45, 2.75) is 12.0 Å². The molecule has 5 nitrogen and oxygen atoms in total. The molecule has 0 atom stereocenters. The van der Waals surface area contributed by atoms with Gasteiger partial charge in [0.1, 0.15) is 5.76 Å². The molecule has 1 aromatic heterocycles. The van der Waals surface area contributed by atoms with Crippen molar-refractivity contribution in [2.24, 2.45) is 0 Å². The maximum Gasteiger partial charge on any atom is 0.251 e. The Morgan fingerprint density at radius 3 is 2.55 bits per heavy atom. The number of dihydropyridines is 1. The summed E-state index contributed by atoms with van der Waals surface area (Å²) in [6.45, 7) is 1.06. The van der Waals surface area contributed by atoms with E-state index in [0.29, 0.717) is 25.1 Å². The number of nitrogens with one attached hydrogen (secondary N) is 2. The van der Waals surface area contributed by atoms with E-state index in [4.69, 9.17) is 4.74 Å². The number of allylic oxidation sites excluding steroid dienone is 1. The van der Waals surface area contributed by atoms with Gasteiger partial charge in [-0.1, -0.05) is 56.1 Å². The van der Waals surface area contributed by atoms with Crippen molar-refractivity contribution in [3.8, 4) is 0 Å². The zero-order chi connectivity index (χ0) is 20.5. The van der Waals surface area contributed by atoms with Crippen LogP contribution in [-0.4, -0.2) is 40.2 Å². The zero-order valence-corrected chi connectivity index (χ0v) is 19.1. The van der Waals surface area contributed by atoms with Crippen LogP contribution in [0.3, 0.4) is 0 Å². The molecule has 0 fully saturated rings. The second-order valence-electron chi connectivity index (χ2n) is 6.69. The van der Waals surface area contributed by atoms with E-state index in [0.717, 1.165) is 27.8 Å². The van der Waals surface area contributed by atoms with Crippen LogP contribution in [0.2, 0.25) is 0 Å². The molecule has 2 heterocycles. The van der Waals surface area contributed by atoms with Gasteiger partial charge in [0.2, 0.25) is 0 Å². The van der Waals surface area contributed by atoms with Crippen LogP contribution in [0.4, 0.5) is 0 Å². The quantitative estimate of drug-likeness (QED) is 0.382. The molecule has 0 unspecified atom stereocenters. The molecule has 1 aromatic carbocycles. The molecular formula is C22H23Br2N3O2. The van der Waals surface area contributed by atoms with Gasteiger partial charge in [-0.15, -0.1) is 0 Å². The highest BCUT2D eigenvalue weighted by Crippen LogP contribution is 2.27. The molecule has 0 radical (unpaired) electrons. The maximum atomic E-state index is 12.1. The minimum absolute atomic E-state index is 0.0680. The number of nitrogens with zero attached hydrogens (tertiary/aromatic N) is 1. The van der Waals surface area contributed by atoms with Crippen LogP contribution in [0.1, 0.15) is 22.5 Å². The van der Waals surface area contributed by atoms with Crippen molar-refractivity contribution in [2.75, 3.05) is 23.8 Å². The molecule has 1 amide bonds. The molecule has 1 aliphatic rings. The number of aromatic nitrogens is 1. The zero-order valence-electron chi connectivity index (χ0n) is 15.9. The van der Waals surface area contributed by atoms with Crippen LogP contribution < -0.4 is 10.6 Å². The van der Waals surface area contributed by atoms with Gasteiger partial charge in [0.15, 0.2) is 0 Å². The molecule has 2 N–H and O–H groups in total. The number of benzene rings is 1. The summed E-state index contributed by atoms with van der Waals surface area (Å²) < 4.78 is 6.01. The van der Waals surface area contributed by atoms with Crippen LogP contribution in [0.25, 0.3) is 5.70 Å². The van der Waals surface area contributed by atoms with Crippen molar-refractivity contribution < 1.29 is 9.53 Å². The van der Waals surface area contributed by atoms with Gasteiger partial charge < -0.3 is 15.4 Å². The molecule has 1 aliphatic heterocycles. The van der Waals surface area contributed by atoms with E-state index in [1.54, 1.807) is 18.3 Å². The van der Waals surface area contributed by atoms with Crippen LogP contribution in [-0.2, 0) is 4.74 Å². The van der Waals surface area contributed by atoms with E-state index in [1.165, 1.54) is 0 Å². The second kappa shape index (κ2) is 10.6. The number of carbonyl (C=O) groups excluding carboxylic acids is 1. The SMILES string of the molecule is O=C(NCCCOC1=CC(CBr)(CBr)NC(c2ccccn2)=C1)c1ccccc1. The molecule has 0 bridgehead atoms. The van der Waals surface area contributed by atoms with Gasteiger partial charge in [0, 0.05) is 35.0 Å². The highest BCUT2D eigenvalue weighted by Gasteiger charge is 2.31. The highest BCUT2D eigenvalue weighted by molar-refractivity contribution is 9.09. The number of hydrogen-bond acceptors (Lipinski definition) is 4. The lowest BCUT2D eigenvalue weighted by atomic mass is 9.99. The van der Waals surface area contributed by atoms with Gasteiger partial charge in [0.05, 0.1) is 23.5 Å². The van der Waals surface area contributed by atoms with Crippen molar-refractivity contribution >= 4 is 43.5 Å². The highest BCUT2D eigenvalue weighted by atomic mass is 79.9. The molecule has 0 saturated carbocycles. The lowest BCUT2D eigenvalue weighted by Crippen LogP contribution is -2.48. The Morgan fingerprint density at radius 2 is 1.86 bits per heavy atom. The number of alkyl halides is 2. The van der Waals surface area contributed by atoms with Crippen molar-refractivity contribution in [1.29, 1.82) is 0 Å². The Morgan fingerprint density at radius 1 is 1.10 bits per heavy atom. The lowest BCUT2D eigenvalue weighted by Gasteiger charge is -2.34. The Balaban J connectivity index is 1.57. The number of rotatable bonds is 9. The predicted molar refractivity (Wildman–Crippen MR) is 123 cm³/mol. The molecule has 3 rings (SSSR count). The second-order valence-corrected chi connectivity index (χ2v) is 7.81. The summed E-state index contributed by atoms with van der Waals surface area (Å²) in [5.41, 5.74) is 2.14. The lowest BCUT2D eigenvalue weighted by molar-refractivity contribution is 0.0950. The number of hydrogen-bond donors (Lipinski definition) is 2. The van der Waals surface area contributed by atoms with Crippen molar-refractivity contribution in [1.82, 2.24) is 15.6 Å².